The Morgan fingerprint density at radius 3 is 2.47 bits per heavy atom. The zero-order chi connectivity index (χ0) is 12.9. The van der Waals surface area contributed by atoms with Crippen LogP contribution in [0.15, 0.2) is 24.3 Å². The standard InChI is InChI=1S/C9H12NO5PS/c1-14-16(13,15-2)17-7-8-5-3-4-6-9(8)10(11)12/h3-6H,7H2,1-2H3. The lowest BCUT2D eigenvalue weighted by Crippen LogP contribution is -1.94. The summed E-state index contributed by atoms with van der Waals surface area (Å²) in [6.07, 6.45) is 0. The third-order valence-corrected chi connectivity index (χ3v) is 5.89. The van der Waals surface area contributed by atoms with Gasteiger partial charge in [-0.15, -0.1) is 0 Å². The topological polar surface area (TPSA) is 78.7 Å². The summed E-state index contributed by atoms with van der Waals surface area (Å²) in [5.41, 5.74) is 0.482. The second-order valence-electron chi connectivity index (χ2n) is 2.97. The zero-order valence-corrected chi connectivity index (χ0v) is 11.1. The fraction of sp³-hybridized carbons (Fsp3) is 0.333. The molecule has 0 aliphatic heterocycles. The van der Waals surface area contributed by atoms with Gasteiger partial charge in [-0.3, -0.25) is 10.1 Å². The molecule has 1 aromatic rings. The molecule has 0 atom stereocenters. The van der Waals surface area contributed by atoms with Gasteiger partial charge in [0.2, 0.25) is 0 Å². The summed E-state index contributed by atoms with van der Waals surface area (Å²) in [6.45, 7) is -3.20. The average Bonchev–Trinajstić information content (AvgIpc) is 2.36. The molecule has 0 aliphatic carbocycles. The van der Waals surface area contributed by atoms with Crippen LogP contribution in [-0.4, -0.2) is 19.1 Å². The predicted molar refractivity (Wildman–Crippen MR) is 66.0 cm³/mol. The van der Waals surface area contributed by atoms with E-state index in [1.807, 2.05) is 0 Å². The van der Waals surface area contributed by atoms with Crippen molar-refractivity contribution in [2.75, 3.05) is 14.2 Å². The van der Waals surface area contributed by atoms with Crippen molar-refractivity contribution in [3.05, 3.63) is 39.9 Å². The molecular formula is C9H12NO5PS. The van der Waals surface area contributed by atoms with Gasteiger partial charge in [0.1, 0.15) is 0 Å². The molecule has 8 heteroatoms. The number of hydrogen-bond donors (Lipinski definition) is 0. The fourth-order valence-corrected chi connectivity index (χ4v) is 3.56. The first kappa shape index (κ1) is 14.2. The Balaban J connectivity index is 2.83. The van der Waals surface area contributed by atoms with E-state index in [2.05, 4.69) is 0 Å². The van der Waals surface area contributed by atoms with Crippen LogP contribution in [0.1, 0.15) is 5.56 Å². The highest BCUT2D eigenvalue weighted by atomic mass is 32.7. The van der Waals surface area contributed by atoms with Crippen molar-refractivity contribution in [2.45, 2.75) is 5.75 Å². The highest BCUT2D eigenvalue weighted by Crippen LogP contribution is 2.60. The first-order valence-corrected chi connectivity index (χ1v) is 7.74. The summed E-state index contributed by atoms with van der Waals surface area (Å²) < 4.78 is 21.2. The van der Waals surface area contributed by atoms with Crippen molar-refractivity contribution < 1.29 is 18.5 Å². The Kier molecular flexibility index (Phi) is 5.14. The molecule has 0 bridgehead atoms. The molecule has 1 aromatic carbocycles. The molecule has 0 N–H and O–H groups in total. The van der Waals surface area contributed by atoms with E-state index in [-0.39, 0.29) is 11.4 Å². The summed E-state index contributed by atoms with van der Waals surface area (Å²) in [7, 11) is 2.55. The maximum atomic E-state index is 11.8. The van der Waals surface area contributed by atoms with E-state index >= 15 is 0 Å². The molecule has 0 spiro atoms. The minimum Gasteiger partial charge on any atom is -0.304 e. The van der Waals surface area contributed by atoms with Gasteiger partial charge in [0.25, 0.3) is 5.69 Å². The van der Waals surface area contributed by atoms with Gasteiger partial charge in [-0.1, -0.05) is 18.2 Å². The Hall–Kier alpha value is -0.880. The smallest absolute Gasteiger partial charge is 0.304 e. The minimum atomic E-state index is -3.20. The SMILES string of the molecule is COP(=O)(OC)SCc1ccccc1[N+](=O)[O-]. The van der Waals surface area contributed by atoms with Crippen molar-refractivity contribution >= 4 is 23.9 Å². The average molecular weight is 277 g/mol. The number of nitro benzene ring substituents is 1. The molecule has 0 aliphatic rings. The third-order valence-electron chi connectivity index (χ3n) is 2.01. The van der Waals surface area contributed by atoms with Crippen LogP contribution in [-0.2, 0) is 19.4 Å². The van der Waals surface area contributed by atoms with E-state index in [1.165, 1.54) is 20.3 Å². The molecule has 0 saturated carbocycles. The molecule has 6 nitrogen and oxygen atoms in total. The van der Waals surface area contributed by atoms with Gasteiger partial charge in [-0.25, -0.2) is 4.57 Å². The Morgan fingerprint density at radius 1 is 1.35 bits per heavy atom. The van der Waals surface area contributed by atoms with Crippen LogP contribution < -0.4 is 0 Å². The molecule has 17 heavy (non-hydrogen) atoms. The van der Waals surface area contributed by atoms with E-state index in [9.17, 15) is 14.7 Å². The Labute approximate surface area is 103 Å². The number of nitro groups is 1. The lowest BCUT2D eigenvalue weighted by molar-refractivity contribution is -0.385. The maximum Gasteiger partial charge on any atom is 0.388 e. The monoisotopic (exact) mass is 277 g/mol. The van der Waals surface area contributed by atoms with Gasteiger partial charge in [0, 0.05) is 31.6 Å². The molecule has 0 heterocycles. The molecular weight excluding hydrogens is 265 g/mol. The summed E-state index contributed by atoms with van der Waals surface area (Å²) in [6, 6.07) is 6.28. The number of rotatable bonds is 6. The molecule has 0 saturated heterocycles. The molecule has 0 fully saturated rings. The summed E-state index contributed by atoms with van der Waals surface area (Å²) in [4.78, 5) is 10.3. The fourth-order valence-electron chi connectivity index (χ4n) is 1.14. The number of benzene rings is 1. The quantitative estimate of drug-likeness (QED) is 0.451. The second kappa shape index (κ2) is 6.16. The van der Waals surface area contributed by atoms with Crippen LogP contribution in [0.3, 0.4) is 0 Å². The van der Waals surface area contributed by atoms with Crippen LogP contribution in [0.2, 0.25) is 0 Å². The lowest BCUT2D eigenvalue weighted by atomic mass is 10.2. The first-order valence-electron chi connectivity index (χ1n) is 4.61. The first-order chi connectivity index (χ1) is 8.02. The summed E-state index contributed by atoms with van der Waals surface area (Å²) >= 11 is 0.915. The zero-order valence-electron chi connectivity index (χ0n) is 9.36. The predicted octanol–water partition coefficient (Wildman–Crippen LogP) is 3.23. The highest BCUT2D eigenvalue weighted by Gasteiger charge is 2.24. The Morgan fingerprint density at radius 2 is 1.94 bits per heavy atom. The largest absolute Gasteiger partial charge is 0.388 e. The van der Waals surface area contributed by atoms with Gasteiger partial charge in [0.05, 0.1) is 4.92 Å². The van der Waals surface area contributed by atoms with Crippen LogP contribution in [0.5, 0.6) is 0 Å². The molecule has 0 radical (unpaired) electrons. The normalized spacial score (nSPS) is 11.4. The van der Waals surface area contributed by atoms with Crippen molar-refractivity contribution in [3.63, 3.8) is 0 Å². The number of para-hydroxylation sites is 1. The molecule has 1 rings (SSSR count). The van der Waals surface area contributed by atoms with Gasteiger partial charge < -0.3 is 9.05 Å². The van der Waals surface area contributed by atoms with Gasteiger partial charge in [0.15, 0.2) is 0 Å². The van der Waals surface area contributed by atoms with Crippen molar-refractivity contribution in [1.29, 1.82) is 0 Å². The van der Waals surface area contributed by atoms with E-state index in [0.717, 1.165) is 11.4 Å². The summed E-state index contributed by atoms with van der Waals surface area (Å²) in [5.74, 6) is 0.191. The molecule has 0 aromatic heterocycles. The minimum absolute atomic E-state index is 0.00115. The summed E-state index contributed by atoms with van der Waals surface area (Å²) in [5, 5.41) is 10.8. The van der Waals surface area contributed by atoms with Gasteiger partial charge in [-0.2, -0.15) is 0 Å². The van der Waals surface area contributed by atoms with Crippen molar-refractivity contribution in [1.82, 2.24) is 0 Å². The molecule has 94 valence electrons. The van der Waals surface area contributed by atoms with Crippen LogP contribution in [0, 0.1) is 10.1 Å². The van der Waals surface area contributed by atoms with Crippen LogP contribution in [0.25, 0.3) is 0 Å². The molecule has 0 amide bonds. The Bertz CT molecular complexity index is 445. The van der Waals surface area contributed by atoms with Crippen LogP contribution >= 0.6 is 18.2 Å². The second-order valence-corrected chi connectivity index (χ2v) is 7.26. The van der Waals surface area contributed by atoms with Gasteiger partial charge >= 0.3 is 6.80 Å². The van der Waals surface area contributed by atoms with Crippen molar-refractivity contribution in [2.24, 2.45) is 0 Å². The highest BCUT2D eigenvalue weighted by molar-refractivity contribution is 8.54. The van der Waals surface area contributed by atoms with E-state index in [1.54, 1.807) is 18.2 Å². The van der Waals surface area contributed by atoms with E-state index < -0.39 is 11.7 Å². The molecule has 0 unspecified atom stereocenters. The lowest BCUT2D eigenvalue weighted by Gasteiger charge is -2.12. The third kappa shape index (κ3) is 3.81. The van der Waals surface area contributed by atoms with Crippen LogP contribution in [0.4, 0.5) is 5.69 Å². The van der Waals surface area contributed by atoms with E-state index in [0.29, 0.717) is 5.56 Å². The number of hydrogen-bond acceptors (Lipinski definition) is 6. The van der Waals surface area contributed by atoms with E-state index in [4.69, 9.17) is 9.05 Å². The van der Waals surface area contributed by atoms with Crippen molar-refractivity contribution in [3.8, 4) is 0 Å². The van der Waals surface area contributed by atoms with Gasteiger partial charge in [-0.05, 0) is 11.4 Å². The number of nitrogens with zero attached hydrogens (tertiary/aromatic N) is 1. The maximum absolute atomic E-state index is 11.8.